The molecule has 1 aromatic carbocycles. The molecule has 7 nitrogen and oxygen atoms in total. The summed E-state index contributed by atoms with van der Waals surface area (Å²) in [5.74, 6) is -1.81. The highest BCUT2D eigenvalue weighted by Crippen LogP contribution is 2.27. The molecule has 2 atom stereocenters. The van der Waals surface area contributed by atoms with Crippen molar-refractivity contribution < 1.29 is 23.1 Å². The lowest BCUT2D eigenvalue weighted by Gasteiger charge is -2.36. The molecule has 0 spiro atoms. The number of nitrogens with one attached hydrogen (secondary N) is 1. The summed E-state index contributed by atoms with van der Waals surface area (Å²) in [5, 5.41) is 9.26. The van der Waals surface area contributed by atoms with E-state index < -0.39 is 21.9 Å². The van der Waals surface area contributed by atoms with Gasteiger partial charge in [-0.3, -0.25) is 9.59 Å². The number of hydrogen-bond donors (Lipinski definition) is 2. The van der Waals surface area contributed by atoms with Crippen molar-refractivity contribution in [1.82, 2.24) is 9.62 Å². The van der Waals surface area contributed by atoms with E-state index in [2.05, 4.69) is 4.72 Å². The van der Waals surface area contributed by atoms with Crippen LogP contribution in [0.2, 0.25) is 0 Å². The van der Waals surface area contributed by atoms with Crippen LogP contribution in [0.25, 0.3) is 0 Å². The summed E-state index contributed by atoms with van der Waals surface area (Å²) in [5.41, 5.74) is 0.978. The first-order chi connectivity index (χ1) is 12.2. The van der Waals surface area contributed by atoms with E-state index in [1.54, 1.807) is 17.9 Å². The molecule has 26 heavy (non-hydrogen) atoms. The number of carbonyl (C=O) groups excluding carboxylic acids is 1. The summed E-state index contributed by atoms with van der Waals surface area (Å²) in [7, 11) is -3.65. The Morgan fingerprint density at radius 3 is 2.50 bits per heavy atom. The third-order valence-electron chi connectivity index (χ3n) is 5.14. The number of carbonyl (C=O) groups is 2. The highest BCUT2D eigenvalue weighted by atomic mass is 32.2. The Hall–Kier alpha value is -1.93. The van der Waals surface area contributed by atoms with E-state index in [4.69, 9.17) is 0 Å². The Morgan fingerprint density at radius 2 is 1.88 bits per heavy atom. The van der Waals surface area contributed by atoms with Gasteiger partial charge in [0.1, 0.15) is 0 Å². The number of likely N-dealkylation sites (tertiary alicyclic amines) is 1. The third kappa shape index (κ3) is 3.91. The standard InChI is InChI=1S/C18H24N2O5S/c1-11-3-8-15(26(24,25)19-14-6-7-14)9-16(11)17(21)20-10-13(18(22)23)5-4-12(20)2/h3,8-9,12-14,19H,4-7,10H2,1-2H3,(H,22,23). The first kappa shape index (κ1) is 18.8. The molecule has 3 rings (SSSR count). The first-order valence-corrected chi connectivity index (χ1v) is 10.3. The van der Waals surface area contributed by atoms with Gasteiger partial charge >= 0.3 is 5.97 Å². The summed E-state index contributed by atoms with van der Waals surface area (Å²) in [6.45, 7) is 3.79. The van der Waals surface area contributed by atoms with Crippen molar-refractivity contribution >= 4 is 21.9 Å². The van der Waals surface area contributed by atoms with E-state index in [0.717, 1.165) is 12.8 Å². The molecule has 2 N–H and O–H groups in total. The molecule has 1 heterocycles. The third-order valence-corrected chi connectivity index (χ3v) is 6.66. The highest BCUT2D eigenvalue weighted by molar-refractivity contribution is 7.89. The SMILES string of the molecule is Cc1ccc(S(=O)(=O)NC2CC2)cc1C(=O)N1CC(C(=O)O)CCC1C. The molecular formula is C18H24N2O5S. The number of nitrogens with zero attached hydrogens (tertiary/aromatic N) is 1. The molecule has 8 heteroatoms. The maximum Gasteiger partial charge on any atom is 0.308 e. The van der Waals surface area contributed by atoms with Crippen LogP contribution < -0.4 is 4.72 Å². The van der Waals surface area contributed by atoms with E-state index >= 15 is 0 Å². The normalized spacial score (nSPS) is 23.7. The molecule has 2 unspecified atom stereocenters. The van der Waals surface area contributed by atoms with Gasteiger partial charge in [-0.2, -0.15) is 0 Å². The van der Waals surface area contributed by atoms with E-state index in [1.807, 2.05) is 6.92 Å². The van der Waals surface area contributed by atoms with Crippen molar-refractivity contribution in [3.05, 3.63) is 29.3 Å². The minimum Gasteiger partial charge on any atom is -0.481 e. The second-order valence-corrected chi connectivity index (χ2v) is 9.01. The largest absolute Gasteiger partial charge is 0.481 e. The fourth-order valence-corrected chi connectivity index (χ4v) is 4.56. The Bertz CT molecular complexity index is 832. The predicted octanol–water partition coefficient (Wildman–Crippen LogP) is 1.76. The molecule has 0 radical (unpaired) electrons. The van der Waals surface area contributed by atoms with E-state index in [1.165, 1.54) is 12.1 Å². The number of piperidine rings is 1. The molecule has 1 amide bonds. The van der Waals surface area contributed by atoms with Crippen molar-refractivity contribution in [1.29, 1.82) is 0 Å². The summed E-state index contributed by atoms with van der Waals surface area (Å²) >= 11 is 0. The number of carboxylic acid groups (broad SMARTS) is 1. The van der Waals surface area contributed by atoms with Gasteiger partial charge in [0.15, 0.2) is 0 Å². The molecule has 0 bridgehead atoms. The van der Waals surface area contributed by atoms with Crippen LogP contribution in [0.15, 0.2) is 23.1 Å². The van der Waals surface area contributed by atoms with Crippen LogP contribution in [0.1, 0.15) is 48.5 Å². The Labute approximate surface area is 153 Å². The maximum atomic E-state index is 13.0. The Morgan fingerprint density at radius 1 is 1.19 bits per heavy atom. The van der Waals surface area contributed by atoms with E-state index in [9.17, 15) is 23.1 Å². The number of rotatable bonds is 5. The second kappa shape index (κ2) is 7.00. The van der Waals surface area contributed by atoms with Crippen LogP contribution in [-0.2, 0) is 14.8 Å². The number of aryl methyl sites for hydroxylation is 1. The molecule has 1 saturated carbocycles. The van der Waals surface area contributed by atoms with Gasteiger partial charge in [0.2, 0.25) is 10.0 Å². The van der Waals surface area contributed by atoms with Gasteiger partial charge in [-0.15, -0.1) is 0 Å². The number of carboxylic acids is 1. The van der Waals surface area contributed by atoms with Gasteiger partial charge in [-0.25, -0.2) is 13.1 Å². The van der Waals surface area contributed by atoms with Crippen LogP contribution in [0, 0.1) is 12.8 Å². The van der Waals surface area contributed by atoms with Gasteiger partial charge in [-0.05, 0) is 57.2 Å². The van der Waals surface area contributed by atoms with Gasteiger partial charge < -0.3 is 10.0 Å². The van der Waals surface area contributed by atoms with Crippen LogP contribution in [0.4, 0.5) is 0 Å². The van der Waals surface area contributed by atoms with Crippen LogP contribution in [0.5, 0.6) is 0 Å². The molecule has 1 saturated heterocycles. The zero-order chi connectivity index (χ0) is 19.1. The Balaban J connectivity index is 1.88. The number of benzene rings is 1. The topological polar surface area (TPSA) is 104 Å². The number of sulfonamides is 1. The lowest BCUT2D eigenvalue weighted by atomic mass is 9.92. The second-order valence-electron chi connectivity index (χ2n) is 7.29. The van der Waals surface area contributed by atoms with Crippen molar-refractivity contribution in [2.75, 3.05) is 6.54 Å². The summed E-state index contributed by atoms with van der Waals surface area (Å²) < 4.78 is 27.5. The average Bonchev–Trinajstić information content (AvgIpc) is 3.38. The van der Waals surface area contributed by atoms with Crippen molar-refractivity contribution in [2.24, 2.45) is 5.92 Å². The summed E-state index contributed by atoms with van der Waals surface area (Å²) in [6.07, 6.45) is 2.82. The number of aliphatic carboxylic acids is 1. The quantitative estimate of drug-likeness (QED) is 0.810. The van der Waals surface area contributed by atoms with Gasteiger partial charge in [0.05, 0.1) is 10.8 Å². The minimum absolute atomic E-state index is 0.0149. The molecule has 2 aliphatic rings. The first-order valence-electron chi connectivity index (χ1n) is 8.86. The van der Waals surface area contributed by atoms with E-state index in [0.29, 0.717) is 24.0 Å². The van der Waals surface area contributed by atoms with Crippen molar-refractivity contribution in [3.8, 4) is 0 Å². The van der Waals surface area contributed by atoms with Gasteiger partial charge in [0.25, 0.3) is 5.91 Å². The van der Waals surface area contributed by atoms with Crippen molar-refractivity contribution in [2.45, 2.75) is 56.5 Å². The monoisotopic (exact) mass is 380 g/mol. The van der Waals surface area contributed by atoms with Crippen molar-refractivity contribution in [3.63, 3.8) is 0 Å². The summed E-state index contributed by atoms with van der Waals surface area (Å²) in [6, 6.07) is 4.43. The highest BCUT2D eigenvalue weighted by Gasteiger charge is 2.34. The van der Waals surface area contributed by atoms with Crippen LogP contribution >= 0.6 is 0 Å². The lowest BCUT2D eigenvalue weighted by Crippen LogP contribution is -2.47. The van der Waals surface area contributed by atoms with Gasteiger partial charge in [0, 0.05) is 24.2 Å². The fraction of sp³-hybridized carbons (Fsp3) is 0.556. The Kier molecular flexibility index (Phi) is 5.07. The van der Waals surface area contributed by atoms with Crippen LogP contribution in [0.3, 0.4) is 0 Å². The fourth-order valence-electron chi connectivity index (χ4n) is 3.23. The van der Waals surface area contributed by atoms with Gasteiger partial charge in [-0.1, -0.05) is 6.07 Å². The number of amides is 1. The maximum absolute atomic E-state index is 13.0. The lowest BCUT2D eigenvalue weighted by molar-refractivity contribution is -0.143. The molecule has 1 aliphatic heterocycles. The molecule has 2 fully saturated rings. The zero-order valence-electron chi connectivity index (χ0n) is 14.9. The van der Waals surface area contributed by atoms with E-state index in [-0.39, 0.29) is 29.4 Å². The zero-order valence-corrected chi connectivity index (χ0v) is 15.8. The van der Waals surface area contributed by atoms with Crippen LogP contribution in [-0.4, -0.2) is 48.9 Å². The molecule has 0 aromatic heterocycles. The molecular weight excluding hydrogens is 356 g/mol. The smallest absolute Gasteiger partial charge is 0.308 e. The molecule has 1 aliphatic carbocycles. The average molecular weight is 380 g/mol. The number of hydrogen-bond acceptors (Lipinski definition) is 4. The summed E-state index contributed by atoms with van der Waals surface area (Å²) in [4.78, 5) is 26.0. The molecule has 142 valence electrons. The predicted molar refractivity (Wildman–Crippen MR) is 95.4 cm³/mol. The molecule has 1 aromatic rings. The minimum atomic E-state index is -3.65.